The maximum atomic E-state index is 12.4. The molecule has 2 fully saturated rings. The largest absolute Gasteiger partial charge is 0.481 e. The van der Waals surface area contributed by atoms with Gasteiger partial charge >= 0.3 is 5.97 Å². The van der Waals surface area contributed by atoms with Crippen molar-refractivity contribution < 1.29 is 34.4 Å². The number of aliphatic hydroxyl groups is 1. The summed E-state index contributed by atoms with van der Waals surface area (Å²) in [5, 5.41) is 33.7. The summed E-state index contributed by atoms with van der Waals surface area (Å²) in [5.41, 5.74) is 0.105. The summed E-state index contributed by atoms with van der Waals surface area (Å²) in [6, 6.07) is 0.00922. The first kappa shape index (κ1) is 25.6. The van der Waals surface area contributed by atoms with Crippen molar-refractivity contribution >= 4 is 29.6 Å². The van der Waals surface area contributed by atoms with Gasteiger partial charge in [-0.15, -0.1) is 11.8 Å². The molecular formula is C20H33N3O7S. The van der Waals surface area contributed by atoms with Gasteiger partial charge in [-0.05, 0) is 20.4 Å². The first-order valence-corrected chi connectivity index (χ1v) is 11.3. The lowest BCUT2D eigenvalue weighted by atomic mass is 9.79. The van der Waals surface area contributed by atoms with E-state index in [-0.39, 0.29) is 34.9 Å². The summed E-state index contributed by atoms with van der Waals surface area (Å²) in [6.07, 6.45) is 0.124. The SMILES string of the molecule is CC(=O)O.CNCCOC[C@@H]1C[C@H](SC2=C(C(=O)O)N3C(=O)[C@H]([C@@H](C)O)[C@H]3[C@H]2C)CN1. The Balaban J connectivity index is 0.000000785. The van der Waals surface area contributed by atoms with Crippen LogP contribution in [0.25, 0.3) is 0 Å². The predicted octanol–water partition coefficient (Wildman–Crippen LogP) is -0.0693. The molecule has 11 heteroatoms. The van der Waals surface area contributed by atoms with Gasteiger partial charge in [-0.2, -0.15) is 0 Å². The number of fused-ring (bicyclic) bond motifs is 1. The van der Waals surface area contributed by atoms with Gasteiger partial charge in [0.15, 0.2) is 0 Å². The molecule has 0 aliphatic carbocycles. The summed E-state index contributed by atoms with van der Waals surface area (Å²) in [5.74, 6) is -2.77. The lowest BCUT2D eigenvalue weighted by Crippen LogP contribution is -2.63. The van der Waals surface area contributed by atoms with E-state index in [0.29, 0.717) is 13.2 Å². The first-order chi connectivity index (χ1) is 14.6. The van der Waals surface area contributed by atoms with E-state index >= 15 is 0 Å². The zero-order valence-corrected chi connectivity index (χ0v) is 19.1. The Kier molecular flexibility index (Phi) is 9.31. The van der Waals surface area contributed by atoms with Crippen LogP contribution < -0.4 is 10.6 Å². The highest BCUT2D eigenvalue weighted by molar-refractivity contribution is 8.03. The molecule has 6 atom stereocenters. The van der Waals surface area contributed by atoms with Crippen molar-refractivity contribution in [2.45, 2.75) is 50.6 Å². The molecule has 176 valence electrons. The molecule has 0 aromatic rings. The summed E-state index contributed by atoms with van der Waals surface area (Å²) < 4.78 is 5.63. The maximum absolute atomic E-state index is 12.4. The third kappa shape index (κ3) is 5.98. The molecule has 1 amide bonds. The minimum Gasteiger partial charge on any atom is -0.481 e. The van der Waals surface area contributed by atoms with E-state index in [9.17, 15) is 19.8 Å². The van der Waals surface area contributed by atoms with Gasteiger partial charge in [0.2, 0.25) is 5.91 Å². The number of hydrogen-bond donors (Lipinski definition) is 5. The quantitative estimate of drug-likeness (QED) is 0.234. The van der Waals surface area contributed by atoms with Crippen LogP contribution in [0.1, 0.15) is 27.2 Å². The fourth-order valence-electron chi connectivity index (χ4n) is 4.26. The van der Waals surface area contributed by atoms with Gasteiger partial charge in [0.25, 0.3) is 5.97 Å². The predicted molar refractivity (Wildman–Crippen MR) is 115 cm³/mol. The zero-order chi connectivity index (χ0) is 23.3. The smallest absolute Gasteiger partial charge is 0.353 e. The summed E-state index contributed by atoms with van der Waals surface area (Å²) in [7, 11) is 1.89. The maximum Gasteiger partial charge on any atom is 0.353 e. The van der Waals surface area contributed by atoms with Crippen molar-refractivity contribution in [2.24, 2.45) is 11.8 Å². The number of aliphatic carboxylic acids is 2. The van der Waals surface area contributed by atoms with Gasteiger partial charge in [-0.25, -0.2) is 4.79 Å². The van der Waals surface area contributed by atoms with Crippen LogP contribution in [0.3, 0.4) is 0 Å². The molecule has 0 unspecified atom stereocenters. The molecule has 5 N–H and O–H groups in total. The second-order valence-electron chi connectivity index (χ2n) is 8.05. The van der Waals surface area contributed by atoms with Gasteiger partial charge < -0.3 is 35.6 Å². The van der Waals surface area contributed by atoms with E-state index in [2.05, 4.69) is 10.6 Å². The number of likely N-dealkylation sites (N-methyl/N-ethyl adjacent to an activating group) is 1. The molecule has 10 nitrogen and oxygen atoms in total. The second kappa shape index (κ2) is 11.3. The lowest BCUT2D eigenvalue weighted by Gasteiger charge is -2.46. The molecule has 3 rings (SSSR count). The molecule has 0 aromatic heterocycles. The number of aliphatic hydroxyl groups excluding tert-OH is 1. The standard InChI is InChI=1S/C18H29N3O5S.C2H4O2/c1-9-14-13(10(2)22)17(23)21(14)15(18(24)25)16(9)27-12-6-11(20-7-12)8-26-5-4-19-3;1-2(3)4/h9-14,19-20,22H,4-8H2,1-3H3,(H,24,25);1H3,(H,3,4)/t9-,10-,11+,12+,13-,14-;/m1./s1. The average Bonchev–Trinajstić information content (AvgIpc) is 3.20. The highest BCUT2D eigenvalue weighted by Crippen LogP contribution is 2.51. The summed E-state index contributed by atoms with van der Waals surface area (Å²) >= 11 is 1.56. The van der Waals surface area contributed by atoms with Crippen molar-refractivity contribution in [3.05, 3.63) is 10.6 Å². The average molecular weight is 460 g/mol. The zero-order valence-electron chi connectivity index (χ0n) is 18.3. The van der Waals surface area contributed by atoms with Gasteiger partial charge in [0.1, 0.15) is 5.70 Å². The number of nitrogens with one attached hydrogen (secondary N) is 2. The van der Waals surface area contributed by atoms with Gasteiger partial charge in [-0.1, -0.05) is 6.92 Å². The topological polar surface area (TPSA) is 148 Å². The van der Waals surface area contributed by atoms with Crippen LogP contribution in [0.4, 0.5) is 0 Å². The lowest BCUT2D eigenvalue weighted by molar-refractivity contribution is -0.163. The molecular weight excluding hydrogens is 426 g/mol. The number of rotatable bonds is 9. The minimum absolute atomic E-state index is 0.0793. The molecule has 3 aliphatic rings. The fourth-order valence-corrected chi connectivity index (χ4v) is 5.78. The van der Waals surface area contributed by atoms with Crippen molar-refractivity contribution in [3.63, 3.8) is 0 Å². The number of hydrogen-bond acceptors (Lipinski definition) is 8. The van der Waals surface area contributed by atoms with E-state index in [0.717, 1.165) is 31.3 Å². The molecule has 0 bridgehead atoms. The number of carboxylic acid groups (broad SMARTS) is 2. The normalized spacial score (nSPS) is 30.4. The van der Waals surface area contributed by atoms with E-state index in [4.69, 9.17) is 14.6 Å². The molecule has 2 saturated heterocycles. The second-order valence-corrected chi connectivity index (χ2v) is 9.39. The van der Waals surface area contributed by atoms with E-state index in [1.807, 2.05) is 14.0 Å². The Labute approximate surface area is 186 Å². The van der Waals surface area contributed by atoms with Crippen molar-refractivity contribution in [2.75, 3.05) is 33.4 Å². The number of carboxylic acids is 2. The Hall–Kier alpha value is -1.66. The third-order valence-corrected chi connectivity index (χ3v) is 7.11. The number of carbonyl (C=O) groups excluding carboxylic acids is 1. The highest BCUT2D eigenvalue weighted by Gasteiger charge is 2.60. The number of carbonyl (C=O) groups is 3. The molecule has 0 saturated carbocycles. The van der Waals surface area contributed by atoms with Crippen LogP contribution in [0.15, 0.2) is 10.6 Å². The van der Waals surface area contributed by atoms with Crippen LogP contribution in [-0.2, 0) is 19.1 Å². The molecule has 0 aromatic carbocycles. The number of ether oxygens (including phenoxy) is 1. The molecule has 0 spiro atoms. The first-order valence-electron chi connectivity index (χ1n) is 10.4. The summed E-state index contributed by atoms with van der Waals surface area (Å²) in [6.45, 7) is 7.53. The van der Waals surface area contributed by atoms with Crippen molar-refractivity contribution in [1.82, 2.24) is 15.5 Å². The number of amides is 1. The molecule has 3 heterocycles. The monoisotopic (exact) mass is 459 g/mol. The molecule has 0 radical (unpaired) electrons. The summed E-state index contributed by atoms with van der Waals surface area (Å²) in [4.78, 5) is 35.4. The Bertz CT molecular complexity index is 711. The van der Waals surface area contributed by atoms with Crippen molar-refractivity contribution in [3.8, 4) is 0 Å². The Morgan fingerprint density at radius 3 is 2.58 bits per heavy atom. The van der Waals surface area contributed by atoms with E-state index < -0.39 is 24.0 Å². The van der Waals surface area contributed by atoms with Crippen LogP contribution in [0.5, 0.6) is 0 Å². The van der Waals surface area contributed by atoms with Gasteiger partial charge in [-0.3, -0.25) is 9.59 Å². The van der Waals surface area contributed by atoms with Crippen LogP contribution >= 0.6 is 11.8 Å². The highest BCUT2D eigenvalue weighted by atomic mass is 32.2. The molecule has 31 heavy (non-hydrogen) atoms. The van der Waals surface area contributed by atoms with Crippen LogP contribution in [-0.4, -0.2) is 94.9 Å². The number of β-lactam (4-membered cyclic amide) rings is 1. The third-order valence-electron chi connectivity index (χ3n) is 5.60. The van der Waals surface area contributed by atoms with Crippen LogP contribution in [0.2, 0.25) is 0 Å². The Morgan fingerprint density at radius 2 is 2.03 bits per heavy atom. The Morgan fingerprint density at radius 1 is 1.39 bits per heavy atom. The van der Waals surface area contributed by atoms with Crippen LogP contribution in [0, 0.1) is 11.8 Å². The fraction of sp³-hybridized carbons (Fsp3) is 0.750. The molecule has 3 aliphatic heterocycles. The minimum atomic E-state index is -1.07. The number of nitrogens with zero attached hydrogens (tertiary/aromatic N) is 1. The van der Waals surface area contributed by atoms with Gasteiger partial charge in [0.05, 0.1) is 31.3 Å². The van der Waals surface area contributed by atoms with E-state index in [1.165, 1.54) is 4.90 Å². The van der Waals surface area contributed by atoms with Gasteiger partial charge in [0, 0.05) is 42.1 Å². The van der Waals surface area contributed by atoms with Crippen molar-refractivity contribution in [1.29, 1.82) is 0 Å². The van der Waals surface area contributed by atoms with E-state index in [1.54, 1.807) is 18.7 Å². The number of thioether (sulfide) groups is 1.